The number of hydrogen-bond acceptors (Lipinski definition) is 5. The number of anilines is 1. The van der Waals surface area contributed by atoms with Crippen LogP contribution in [-0.2, 0) is 6.42 Å². The molecule has 1 aliphatic rings. The van der Waals surface area contributed by atoms with Gasteiger partial charge in [-0.2, -0.15) is 0 Å². The van der Waals surface area contributed by atoms with Gasteiger partial charge in [0, 0.05) is 12.2 Å². The molecule has 0 bridgehead atoms. The molecule has 2 aromatic heterocycles. The Balaban J connectivity index is 2.02. The third-order valence-corrected chi connectivity index (χ3v) is 4.62. The van der Waals surface area contributed by atoms with Crippen LogP contribution in [0.1, 0.15) is 31.9 Å². The minimum absolute atomic E-state index is 0.216. The molecule has 0 saturated heterocycles. The second-order valence-electron chi connectivity index (χ2n) is 5.27. The van der Waals surface area contributed by atoms with Gasteiger partial charge < -0.3 is 10.4 Å². The van der Waals surface area contributed by atoms with Crippen molar-refractivity contribution in [3.8, 4) is 0 Å². The number of hydrogen-bond donors (Lipinski definition) is 2. The van der Waals surface area contributed by atoms with Crippen LogP contribution in [0.2, 0.25) is 5.15 Å². The van der Waals surface area contributed by atoms with E-state index in [1.54, 1.807) is 6.20 Å². The Morgan fingerprint density at radius 2 is 2.19 bits per heavy atom. The van der Waals surface area contributed by atoms with E-state index in [-0.39, 0.29) is 12.1 Å². The molecule has 21 heavy (non-hydrogen) atoms. The molecule has 112 valence electrons. The Bertz CT molecular complexity index is 682. The van der Waals surface area contributed by atoms with Crippen LogP contribution in [0.3, 0.4) is 0 Å². The van der Waals surface area contributed by atoms with Gasteiger partial charge in [0.05, 0.1) is 16.3 Å². The van der Waals surface area contributed by atoms with Crippen LogP contribution in [0.5, 0.6) is 0 Å². The maximum atomic E-state index is 9.65. The number of aryl methyl sites for hydroxylation is 1. The second kappa shape index (κ2) is 6.02. The van der Waals surface area contributed by atoms with Gasteiger partial charge >= 0.3 is 0 Å². The quantitative estimate of drug-likeness (QED) is 0.810. The molecule has 3 rings (SSSR count). The summed E-state index contributed by atoms with van der Waals surface area (Å²) in [6.07, 6.45) is 4.70. The molecule has 1 fully saturated rings. The van der Waals surface area contributed by atoms with E-state index >= 15 is 0 Å². The van der Waals surface area contributed by atoms with Gasteiger partial charge in [0.25, 0.3) is 0 Å². The largest absolute Gasteiger partial charge is 0.393 e. The van der Waals surface area contributed by atoms with Crippen molar-refractivity contribution in [2.75, 3.05) is 5.32 Å². The molecule has 2 heterocycles. The third kappa shape index (κ3) is 2.98. The Morgan fingerprint density at radius 1 is 1.38 bits per heavy atom. The fourth-order valence-corrected chi connectivity index (χ4v) is 3.22. The van der Waals surface area contributed by atoms with Gasteiger partial charge in [-0.05, 0) is 41.6 Å². The Morgan fingerprint density at radius 3 is 2.86 bits per heavy atom. The van der Waals surface area contributed by atoms with E-state index in [4.69, 9.17) is 11.6 Å². The smallest absolute Gasteiger partial charge is 0.156 e. The average Bonchev–Trinajstić information content (AvgIpc) is 2.88. The van der Waals surface area contributed by atoms with Gasteiger partial charge in [0.15, 0.2) is 5.15 Å². The number of fused-ring (bicyclic) bond motifs is 1. The molecule has 1 saturated carbocycles. The topological polar surface area (TPSA) is 70.9 Å². The van der Waals surface area contributed by atoms with Crippen molar-refractivity contribution < 1.29 is 5.11 Å². The molecule has 0 spiro atoms. The predicted molar refractivity (Wildman–Crippen MR) is 86.7 cm³/mol. The van der Waals surface area contributed by atoms with E-state index in [0.717, 1.165) is 41.7 Å². The van der Waals surface area contributed by atoms with Crippen molar-refractivity contribution in [3.63, 3.8) is 0 Å². The molecule has 7 heteroatoms. The number of pyridine rings is 1. The molecular formula is C14H16BrClN4O. The summed E-state index contributed by atoms with van der Waals surface area (Å²) in [6.45, 7) is 2.03. The van der Waals surface area contributed by atoms with E-state index in [9.17, 15) is 5.11 Å². The molecule has 0 radical (unpaired) electrons. The summed E-state index contributed by atoms with van der Waals surface area (Å²) in [5, 5.41) is 13.4. The summed E-state index contributed by atoms with van der Waals surface area (Å²) in [5.74, 6) is 0.770. The Kier molecular flexibility index (Phi) is 4.28. The molecular weight excluding hydrogens is 356 g/mol. The van der Waals surface area contributed by atoms with Crippen molar-refractivity contribution in [1.29, 1.82) is 0 Å². The zero-order valence-electron chi connectivity index (χ0n) is 11.6. The summed E-state index contributed by atoms with van der Waals surface area (Å²) in [6, 6.07) is 0.244. The first-order chi connectivity index (χ1) is 10.1. The van der Waals surface area contributed by atoms with Crippen LogP contribution in [-0.4, -0.2) is 32.2 Å². The SMILES string of the molecule is CCc1nc2c(Cl)ncc(Br)c2nc1N[C@@H]1CC[C@H](O)C1. The number of rotatable bonds is 3. The monoisotopic (exact) mass is 370 g/mol. The zero-order valence-corrected chi connectivity index (χ0v) is 13.9. The van der Waals surface area contributed by atoms with E-state index in [0.29, 0.717) is 16.2 Å². The number of nitrogens with zero attached hydrogens (tertiary/aromatic N) is 3. The maximum Gasteiger partial charge on any atom is 0.156 e. The number of aliphatic hydroxyl groups excluding tert-OH is 1. The van der Waals surface area contributed by atoms with Gasteiger partial charge in [-0.25, -0.2) is 15.0 Å². The van der Waals surface area contributed by atoms with Crippen LogP contribution in [0.4, 0.5) is 5.82 Å². The van der Waals surface area contributed by atoms with E-state index in [1.165, 1.54) is 0 Å². The summed E-state index contributed by atoms with van der Waals surface area (Å²) in [5.41, 5.74) is 2.18. The first-order valence-electron chi connectivity index (χ1n) is 7.03. The summed E-state index contributed by atoms with van der Waals surface area (Å²) < 4.78 is 0.770. The highest BCUT2D eigenvalue weighted by atomic mass is 79.9. The molecule has 2 atom stereocenters. The maximum absolute atomic E-state index is 9.65. The number of halogens is 2. The van der Waals surface area contributed by atoms with Crippen LogP contribution in [0.25, 0.3) is 11.0 Å². The molecule has 2 aromatic rings. The molecule has 0 amide bonds. The van der Waals surface area contributed by atoms with E-state index in [1.807, 2.05) is 6.92 Å². The molecule has 5 nitrogen and oxygen atoms in total. The van der Waals surface area contributed by atoms with Crippen molar-refractivity contribution in [2.45, 2.75) is 44.8 Å². The predicted octanol–water partition coefficient (Wildman–Crippen LogP) is 3.33. The van der Waals surface area contributed by atoms with Crippen molar-refractivity contribution in [3.05, 3.63) is 21.5 Å². The van der Waals surface area contributed by atoms with Gasteiger partial charge in [-0.3, -0.25) is 0 Å². The summed E-state index contributed by atoms with van der Waals surface area (Å²) in [4.78, 5) is 13.4. The van der Waals surface area contributed by atoms with Crippen LogP contribution in [0.15, 0.2) is 10.7 Å². The first kappa shape index (κ1) is 14.9. The fourth-order valence-electron chi connectivity index (χ4n) is 2.66. The van der Waals surface area contributed by atoms with E-state index < -0.39 is 0 Å². The first-order valence-corrected chi connectivity index (χ1v) is 8.20. The normalized spacial score (nSPS) is 21.9. The fraction of sp³-hybridized carbons (Fsp3) is 0.500. The zero-order chi connectivity index (χ0) is 15.0. The lowest BCUT2D eigenvalue weighted by Crippen LogP contribution is -2.19. The van der Waals surface area contributed by atoms with Crippen LogP contribution < -0.4 is 5.32 Å². The molecule has 0 aliphatic heterocycles. The Hall–Kier alpha value is -0.980. The van der Waals surface area contributed by atoms with Crippen molar-refractivity contribution >= 4 is 44.4 Å². The summed E-state index contributed by atoms with van der Waals surface area (Å²) in [7, 11) is 0. The standard InChI is InChI=1S/C14H16BrClN4O/c1-2-10-14(18-7-3-4-8(21)5-7)20-11-9(15)6-17-13(16)12(11)19-10/h6-8,21H,2-5H2,1H3,(H,18,20)/t7-,8+/m1/s1. The lowest BCUT2D eigenvalue weighted by atomic mass is 10.2. The summed E-state index contributed by atoms with van der Waals surface area (Å²) >= 11 is 9.55. The van der Waals surface area contributed by atoms with Gasteiger partial charge in [-0.15, -0.1) is 0 Å². The number of nitrogens with one attached hydrogen (secondary N) is 1. The second-order valence-corrected chi connectivity index (χ2v) is 6.49. The number of aliphatic hydroxyl groups is 1. The third-order valence-electron chi connectivity index (χ3n) is 3.76. The lowest BCUT2D eigenvalue weighted by molar-refractivity contribution is 0.182. The Labute approximate surface area is 136 Å². The van der Waals surface area contributed by atoms with E-state index in [2.05, 4.69) is 36.2 Å². The van der Waals surface area contributed by atoms with Gasteiger partial charge in [-0.1, -0.05) is 18.5 Å². The highest BCUT2D eigenvalue weighted by Gasteiger charge is 2.24. The van der Waals surface area contributed by atoms with Crippen LogP contribution >= 0.6 is 27.5 Å². The minimum atomic E-state index is -0.216. The molecule has 0 aromatic carbocycles. The lowest BCUT2D eigenvalue weighted by Gasteiger charge is -2.16. The average molecular weight is 372 g/mol. The van der Waals surface area contributed by atoms with Gasteiger partial charge in [0.1, 0.15) is 16.9 Å². The molecule has 1 aliphatic carbocycles. The van der Waals surface area contributed by atoms with Gasteiger partial charge in [0.2, 0.25) is 0 Å². The van der Waals surface area contributed by atoms with Crippen molar-refractivity contribution in [2.24, 2.45) is 0 Å². The molecule has 2 N–H and O–H groups in total. The number of aromatic nitrogens is 3. The highest BCUT2D eigenvalue weighted by molar-refractivity contribution is 9.10. The minimum Gasteiger partial charge on any atom is -0.393 e. The molecule has 0 unspecified atom stereocenters. The van der Waals surface area contributed by atoms with Crippen molar-refractivity contribution in [1.82, 2.24) is 15.0 Å². The van der Waals surface area contributed by atoms with Crippen LogP contribution in [0, 0.1) is 0 Å². The highest BCUT2D eigenvalue weighted by Crippen LogP contribution is 2.29.